The van der Waals surface area contributed by atoms with Crippen LogP contribution in [0.2, 0.25) is 0 Å². The van der Waals surface area contributed by atoms with E-state index in [-0.39, 0.29) is 77.0 Å². The van der Waals surface area contributed by atoms with Gasteiger partial charge in [0.05, 0.1) is 7.14 Å². The Morgan fingerprint density at radius 2 is 0.527 bits per heavy atom. The van der Waals surface area contributed by atoms with Crippen LogP contribution in [0.1, 0.15) is 202 Å². The first-order chi connectivity index (χ1) is 33.4. The van der Waals surface area contributed by atoms with Crippen LogP contribution in [0.4, 0.5) is 0 Å². The summed E-state index contributed by atoms with van der Waals surface area (Å²) in [4.78, 5) is 106. The Hall–Kier alpha value is -3.96. The molecule has 0 heterocycles. The number of esters is 6. The lowest BCUT2D eigenvalue weighted by Crippen LogP contribution is -2.51. The van der Waals surface area contributed by atoms with Crippen molar-refractivity contribution in [2.75, 3.05) is 13.2 Å². The predicted molar refractivity (Wildman–Crippen MR) is 295 cm³/mol. The normalized spacial score (nSPS) is 12.7. The molecule has 0 atom stereocenters. The zero-order chi connectivity index (χ0) is 57.3. The topological polar surface area (TPSA) is 234 Å². The van der Waals surface area contributed by atoms with Gasteiger partial charge in [-0.1, -0.05) is 0 Å². The summed E-state index contributed by atoms with van der Waals surface area (Å²) in [5.41, 5.74) is -7.23. The minimum atomic E-state index is -1.27. The van der Waals surface area contributed by atoms with Crippen molar-refractivity contribution in [3.8, 4) is 11.5 Å². The quantitative estimate of drug-likeness (QED) is 0.0499. The molecule has 20 heteroatoms. The van der Waals surface area contributed by atoms with Gasteiger partial charge in [-0.2, -0.15) is 0 Å². The van der Waals surface area contributed by atoms with Gasteiger partial charge in [-0.25, -0.2) is 0 Å². The molecule has 1 aromatic carbocycles. The molecule has 18 nitrogen and oxygen atoms in total. The van der Waals surface area contributed by atoms with Crippen LogP contribution in [0, 0.1) is 7.14 Å². The van der Waals surface area contributed by atoms with Gasteiger partial charge in [0.2, 0.25) is 0 Å². The summed E-state index contributed by atoms with van der Waals surface area (Å²) in [5, 5.41) is 5.98. The van der Waals surface area contributed by atoms with E-state index < -0.39 is 106 Å². The number of ether oxygens (including phenoxy) is 8. The van der Waals surface area contributed by atoms with Crippen molar-refractivity contribution in [3.63, 3.8) is 0 Å². The predicted octanol–water partition coefficient (Wildman–Crippen LogP) is 10.1. The number of nitrogens with one attached hydrogen (secondary N) is 2. The molecule has 0 aliphatic carbocycles. The molecule has 0 aromatic heterocycles. The molecule has 74 heavy (non-hydrogen) atoms. The fourth-order valence-electron chi connectivity index (χ4n) is 7.21. The molecule has 2 N–H and O–H groups in total. The van der Waals surface area contributed by atoms with E-state index in [0.29, 0.717) is 18.6 Å². The van der Waals surface area contributed by atoms with E-state index in [1.165, 1.54) is 0 Å². The average Bonchev–Trinajstić information content (AvgIpc) is 3.17. The van der Waals surface area contributed by atoms with Crippen LogP contribution in [0.25, 0.3) is 0 Å². The van der Waals surface area contributed by atoms with E-state index in [9.17, 15) is 38.4 Å². The van der Waals surface area contributed by atoms with Gasteiger partial charge in [-0.05, 0) is 220 Å². The molecule has 1 rings (SSSR count). The summed E-state index contributed by atoms with van der Waals surface area (Å²) < 4.78 is 46.5. The third kappa shape index (κ3) is 31.8. The highest BCUT2D eigenvalue weighted by molar-refractivity contribution is 14.1. The van der Waals surface area contributed by atoms with Gasteiger partial charge in [-0.15, -0.1) is 0 Å². The van der Waals surface area contributed by atoms with Crippen molar-refractivity contribution in [1.29, 1.82) is 0 Å². The summed E-state index contributed by atoms with van der Waals surface area (Å²) in [6, 6.07) is 3.24. The number of carbonyl (C=O) groups is 8. The summed E-state index contributed by atoms with van der Waals surface area (Å²) in [6.07, 6.45) is -0.699. The molecule has 0 aliphatic heterocycles. The Morgan fingerprint density at radius 3 is 0.689 bits per heavy atom. The van der Waals surface area contributed by atoms with Crippen LogP contribution in [-0.4, -0.2) is 106 Å². The lowest BCUT2D eigenvalue weighted by molar-refractivity contribution is -0.158. The molecule has 422 valence electrons. The summed E-state index contributed by atoms with van der Waals surface area (Å²) in [5.74, 6) is -3.76. The van der Waals surface area contributed by atoms with E-state index in [1.54, 1.807) is 137 Å². The monoisotopic (exact) mass is 1270 g/mol. The van der Waals surface area contributed by atoms with E-state index in [2.05, 4.69) is 10.6 Å². The maximum atomic E-state index is 13.9. The molecular weight excluding hydrogens is 1190 g/mol. The highest BCUT2D eigenvalue weighted by Gasteiger charge is 2.38. The summed E-state index contributed by atoms with van der Waals surface area (Å²) in [6.45, 7) is 30.2. The van der Waals surface area contributed by atoms with E-state index in [0.717, 1.165) is 0 Å². The van der Waals surface area contributed by atoms with Crippen LogP contribution in [-0.2, 0) is 66.8 Å². The minimum absolute atomic E-state index is 0.0205. The second kappa shape index (κ2) is 28.4. The molecule has 0 fully saturated rings. The van der Waals surface area contributed by atoms with Crippen molar-refractivity contribution in [1.82, 2.24) is 10.6 Å². The fraction of sp³-hybridized carbons (Fsp3) is 0.741. The Balaban J connectivity index is 3.49. The smallest absolute Gasteiger partial charge is 0.306 e. The van der Waals surface area contributed by atoms with Gasteiger partial charge in [0.1, 0.15) is 45.1 Å². The van der Waals surface area contributed by atoms with E-state index in [4.69, 9.17) is 37.9 Å². The maximum absolute atomic E-state index is 13.9. The highest BCUT2D eigenvalue weighted by Crippen LogP contribution is 2.34. The number of benzene rings is 1. The van der Waals surface area contributed by atoms with Gasteiger partial charge in [0.15, 0.2) is 13.2 Å². The number of halogens is 2. The Kier molecular flexibility index (Phi) is 26.1. The Labute approximate surface area is 467 Å². The second-order valence-corrected chi connectivity index (χ2v) is 26.8. The van der Waals surface area contributed by atoms with Crippen molar-refractivity contribution in [2.24, 2.45) is 0 Å². The molecular formula is C54H86I2N2O16. The third-order valence-electron chi connectivity index (χ3n) is 9.88. The molecule has 0 unspecified atom stereocenters. The van der Waals surface area contributed by atoms with E-state index >= 15 is 0 Å². The molecule has 0 radical (unpaired) electrons. The lowest BCUT2D eigenvalue weighted by Gasteiger charge is -2.36. The fourth-order valence-corrected chi connectivity index (χ4v) is 8.40. The van der Waals surface area contributed by atoms with Crippen LogP contribution in [0.15, 0.2) is 12.1 Å². The van der Waals surface area contributed by atoms with Crippen molar-refractivity contribution in [2.45, 2.75) is 246 Å². The zero-order valence-corrected chi connectivity index (χ0v) is 51.7. The van der Waals surface area contributed by atoms with Gasteiger partial charge in [-0.3, -0.25) is 38.4 Å². The van der Waals surface area contributed by atoms with Gasteiger partial charge >= 0.3 is 35.8 Å². The zero-order valence-electron chi connectivity index (χ0n) is 47.3. The second-order valence-electron chi connectivity index (χ2n) is 24.5. The van der Waals surface area contributed by atoms with Crippen LogP contribution in [0.3, 0.4) is 0 Å². The van der Waals surface area contributed by atoms with Gasteiger partial charge in [0, 0.05) is 49.6 Å². The first-order valence-electron chi connectivity index (χ1n) is 25.1. The molecule has 0 saturated carbocycles. The van der Waals surface area contributed by atoms with E-state index in [1.807, 2.05) is 45.2 Å². The molecule has 0 bridgehead atoms. The Bertz CT molecular complexity index is 1790. The third-order valence-corrected chi connectivity index (χ3v) is 11.6. The molecule has 1 aromatic rings. The maximum Gasteiger partial charge on any atom is 0.306 e. The van der Waals surface area contributed by atoms with Crippen molar-refractivity contribution >= 4 is 92.8 Å². The number of rotatable bonds is 26. The summed E-state index contributed by atoms with van der Waals surface area (Å²) >= 11 is 4.00. The first-order valence-corrected chi connectivity index (χ1v) is 27.2. The molecule has 2 amide bonds. The average molecular weight is 1270 g/mol. The highest BCUT2D eigenvalue weighted by atomic mass is 127. The standard InChI is InChI=1S/C54H86I2N2O16/c1-47(2,3)69-41(61)19-25-53(26-20-42(62)70-48(4,5)6,27-21-43(63)71-49(7,8)9)57-39(59)33-67-37-31-36(56)38(32-35(37)55)68-34-40(60)58-54(28-22-44(64)72-50(10,11)12,29-23-45(65)73-51(13,14)15)30-24-46(66)74-52(16,17)18/h31-32H,19-30,33-34H2,1-18H3,(H,57,59)(H,58,60). The largest absolute Gasteiger partial charge is 0.483 e. The van der Waals surface area contributed by atoms with Crippen LogP contribution < -0.4 is 20.1 Å². The van der Waals surface area contributed by atoms with Crippen LogP contribution in [0.5, 0.6) is 11.5 Å². The SMILES string of the molecule is CC(C)(C)OC(=O)CCC(CCC(=O)OC(C)(C)C)(CCC(=O)OC(C)(C)C)NC(=O)COc1cc(I)c(OCC(=O)NC(CCC(=O)OC(C)(C)C)(CCC(=O)OC(C)(C)C)CCC(=O)OC(C)(C)C)cc1I. The van der Waals surface area contributed by atoms with Gasteiger partial charge < -0.3 is 48.5 Å². The molecule has 0 saturated heterocycles. The molecule has 0 spiro atoms. The Morgan fingerprint density at radius 1 is 0.351 bits per heavy atom. The first kappa shape index (κ1) is 68.1. The van der Waals surface area contributed by atoms with Gasteiger partial charge in [0.25, 0.3) is 11.8 Å². The van der Waals surface area contributed by atoms with Crippen molar-refractivity contribution < 1.29 is 76.3 Å². The summed E-state index contributed by atoms with van der Waals surface area (Å²) in [7, 11) is 0. The van der Waals surface area contributed by atoms with Crippen LogP contribution >= 0.6 is 45.2 Å². The number of carbonyl (C=O) groups excluding carboxylic acids is 8. The lowest BCUT2D eigenvalue weighted by atomic mass is 9.83. The number of hydrogen-bond acceptors (Lipinski definition) is 16. The number of amides is 2. The molecule has 0 aliphatic rings. The number of hydrogen-bond donors (Lipinski definition) is 2. The van der Waals surface area contributed by atoms with Crippen molar-refractivity contribution in [3.05, 3.63) is 19.3 Å². The minimum Gasteiger partial charge on any atom is -0.483 e.